The summed E-state index contributed by atoms with van der Waals surface area (Å²) in [7, 11) is 0. The molecule has 0 aliphatic rings. The third-order valence-electron chi connectivity index (χ3n) is 1.36. The van der Waals surface area contributed by atoms with Crippen molar-refractivity contribution < 1.29 is 9.90 Å². The molecule has 1 aromatic heterocycles. The summed E-state index contributed by atoms with van der Waals surface area (Å²) in [6, 6.07) is -1.10. The third-order valence-corrected chi connectivity index (χ3v) is 1.36. The lowest BCUT2D eigenvalue weighted by Crippen LogP contribution is -2.40. The average Bonchev–Trinajstić information content (AvgIpc) is 2.56. The monoisotopic (exact) mass is 173 g/mol. The molecule has 0 bridgehead atoms. The summed E-state index contributed by atoms with van der Waals surface area (Å²) in [4.78, 5) is 31.1. The van der Waals surface area contributed by atoms with E-state index in [-0.39, 0.29) is 6.54 Å². The third kappa shape index (κ3) is 1.35. The van der Waals surface area contributed by atoms with Crippen LogP contribution < -0.4 is 22.3 Å². The second-order valence-corrected chi connectivity index (χ2v) is 2.20. The number of carbonyl (C=O) groups is 1. The molecule has 4 N–H and O–H groups in total. The Kier molecular flexibility index (Phi) is 1.96. The highest BCUT2D eigenvalue weighted by molar-refractivity contribution is 5.75. The molecule has 1 aromatic rings. The summed E-state index contributed by atoms with van der Waals surface area (Å²) >= 11 is 0. The number of carboxylic acids is 1. The van der Waals surface area contributed by atoms with Gasteiger partial charge in [-0.05, 0) is 0 Å². The molecule has 0 amide bonds. The first-order chi connectivity index (χ1) is 5.57. The van der Waals surface area contributed by atoms with Crippen molar-refractivity contribution in [3.8, 4) is 0 Å². The Balaban J connectivity index is 2.62. The molecule has 0 aliphatic heterocycles. The van der Waals surface area contributed by atoms with Gasteiger partial charge in [0.2, 0.25) is 0 Å². The van der Waals surface area contributed by atoms with Gasteiger partial charge in [-0.2, -0.15) is 4.68 Å². The summed E-state index contributed by atoms with van der Waals surface area (Å²) in [5.74, 6) is -1.20. The maximum atomic E-state index is 10.4. The van der Waals surface area contributed by atoms with Crippen LogP contribution in [0.25, 0.3) is 0 Å². The average molecular weight is 173 g/mol. The molecule has 0 fully saturated rings. The van der Waals surface area contributed by atoms with E-state index >= 15 is 0 Å². The van der Waals surface area contributed by atoms with Crippen LogP contribution in [-0.2, 0) is 4.79 Å². The van der Waals surface area contributed by atoms with Crippen LogP contribution in [0.15, 0.2) is 9.59 Å². The van der Waals surface area contributed by atoms with E-state index in [1.807, 2.05) is 0 Å². The first-order valence-corrected chi connectivity index (χ1v) is 3.15. The molecule has 1 atom stereocenters. The van der Waals surface area contributed by atoms with Crippen molar-refractivity contribution in [2.45, 2.75) is 6.04 Å². The van der Waals surface area contributed by atoms with Crippen LogP contribution in [0.1, 0.15) is 0 Å². The molecule has 0 spiro atoms. The van der Waals surface area contributed by atoms with Gasteiger partial charge < -0.3 is 16.3 Å². The van der Waals surface area contributed by atoms with Crippen LogP contribution in [0.2, 0.25) is 0 Å². The van der Waals surface area contributed by atoms with Gasteiger partial charge in [0, 0.05) is 6.54 Å². The minimum absolute atomic E-state index is 0.188. The SMILES string of the molecule is NCC(Nn1c(=O)c1=O)C(=O)O. The van der Waals surface area contributed by atoms with Crippen LogP contribution >= 0.6 is 0 Å². The maximum absolute atomic E-state index is 10.4. The van der Waals surface area contributed by atoms with E-state index in [0.717, 1.165) is 0 Å². The molecule has 1 rings (SSSR count). The number of aliphatic carboxylic acids is 1. The Morgan fingerprint density at radius 3 is 2.33 bits per heavy atom. The van der Waals surface area contributed by atoms with Gasteiger partial charge in [-0.25, -0.2) is 4.79 Å². The Labute approximate surface area is 66.1 Å². The van der Waals surface area contributed by atoms with E-state index < -0.39 is 23.1 Å². The molecular weight excluding hydrogens is 166 g/mol. The minimum Gasteiger partial charge on any atom is -0.480 e. The van der Waals surface area contributed by atoms with Gasteiger partial charge in [0.05, 0.1) is 0 Å². The highest BCUT2D eigenvalue weighted by Gasteiger charge is 2.22. The molecule has 0 saturated heterocycles. The van der Waals surface area contributed by atoms with Gasteiger partial charge in [-0.3, -0.25) is 9.59 Å². The normalized spacial score (nSPS) is 13.1. The van der Waals surface area contributed by atoms with Gasteiger partial charge >= 0.3 is 17.1 Å². The zero-order valence-electron chi connectivity index (χ0n) is 5.98. The predicted molar refractivity (Wildman–Crippen MR) is 39.2 cm³/mol. The van der Waals surface area contributed by atoms with Gasteiger partial charge in [0.15, 0.2) is 6.04 Å². The number of nitrogens with one attached hydrogen (secondary N) is 1. The molecule has 66 valence electrons. The number of hydrogen-bond donors (Lipinski definition) is 3. The lowest BCUT2D eigenvalue weighted by Gasteiger charge is -2.08. The lowest BCUT2D eigenvalue weighted by atomic mass is 10.3. The predicted octanol–water partition coefficient (Wildman–Crippen LogP) is -2.96. The first kappa shape index (κ1) is 8.47. The van der Waals surface area contributed by atoms with Crippen molar-refractivity contribution in [1.29, 1.82) is 0 Å². The van der Waals surface area contributed by atoms with Crippen molar-refractivity contribution >= 4 is 5.97 Å². The van der Waals surface area contributed by atoms with E-state index in [2.05, 4.69) is 5.43 Å². The number of hydrogen-bond acceptors (Lipinski definition) is 5. The van der Waals surface area contributed by atoms with Crippen LogP contribution in [0.3, 0.4) is 0 Å². The highest BCUT2D eigenvalue weighted by Crippen LogP contribution is 1.81. The zero-order valence-corrected chi connectivity index (χ0v) is 5.98. The number of aromatic nitrogens is 1. The fraction of sp³-hybridized carbons (Fsp3) is 0.400. The Bertz CT molecular complexity index is 336. The van der Waals surface area contributed by atoms with Crippen molar-refractivity contribution in [3.05, 3.63) is 20.7 Å². The van der Waals surface area contributed by atoms with E-state index in [9.17, 15) is 14.4 Å². The molecular formula is C5H7N3O4. The fourth-order valence-corrected chi connectivity index (χ4v) is 0.617. The van der Waals surface area contributed by atoms with Gasteiger partial charge in [-0.1, -0.05) is 0 Å². The fourth-order valence-electron chi connectivity index (χ4n) is 0.617. The van der Waals surface area contributed by atoms with E-state index in [0.29, 0.717) is 4.68 Å². The smallest absolute Gasteiger partial charge is 0.340 e. The van der Waals surface area contributed by atoms with Crippen molar-refractivity contribution in [2.24, 2.45) is 5.73 Å². The van der Waals surface area contributed by atoms with Gasteiger partial charge in [-0.15, -0.1) is 0 Å². The van der Waals surface area contributed by atoms with Crippen LogP contribution in [0.4, 0.5) is 0 Å². The molecule has 0 saturated carbocycles. The number of nitrogens with zero attached hydrogens (tertiary/aromatic N) is 1. The van der Waals surface area contributed by atoms with Crippen LogP contribution in [0.5, 0.6) is 0 Å². The van der Waals surface area contributed by atoms with Crippen molar-refractivity contribution in [3.63, 3.8) is 0 Å². The second kappa shape index (κ2) is 2.78. The Morgan fingerprint density at radius 1 is 1.58 bits per heavy atom. The van der Waals surface area contributed by atoms with Crippen molar-refractivity contribution in [2.75, 3.05) is 12.0 Å². The van der Waals surface area contributed by atoms with E-state index in [1.54, 1.807) is 0 Å². The maximum Gasteiger partial charge on any atom is 0.340 e. The minimum atomic E-state index is -1.20. The second-order valence-electron chi connectivity index (χ2n) is 2.20. The zero-order chi connectivity index (χ0) is 9.30. The number of carboxylic acid groups (broad SMARTS) is 1. The lowest BCUT2D eigenvalue weighted by molar-refractivity contribution is -0.137. The van der Waals surface area contributed by atoms with Crippen molar-refractivity contribution in [1.82, 2.24) is 4.68 Å². The molecule has 1 heterocycles. The summed E-state index contributed by atoms with van der Waals surface area (Å²) in [5, 5.41) is 8.43. The molecule has 1 unspecified atom stereocenters. The number of rotatable bonds is 4. The van der Waals surface area contributed by atoms with Gasteiger partial charge in [0.1, 0.15) is 0 Å². The largest absolute Gasteiger partial charge is 0.480 e. The standard InChI is InChI=1S/C5H7N3O4/c6-1-2(5(11)12)7-8-3(9)4(8)10/h2,7H,1,6H2,(H,11,12). The quantitative estimate of drug-likeness (QED) is 0.419. The summed E-state index contributed by atoms with van der Waals surface area (Å²) < 4.78 is 0.617. The van der Waals surface area contributed by atoms with Crippen LogP contribution in [-0.4, -0.2) is 28.3 Å². The first-order valence-electron chi connectivity index (χ1n) is 3.15. The molecule has 12 heavy (non-hydrogen) atoms. The summed E-state index contributed by atoms with van der Waals surface area (Å²) in [6.45, 7) is -0.188. The molecule has 7 nitrogen and oxygen atoms in total. The molecule has 7 heteroatoms. The Hall–Kier alpha value is -1.63. The summed E-state index contributed by atoms with van der Waals surface area (Å²) in [5.41, 5.74) is 5.72. The van der Waals surface area contributed by atoms with Gasteiger partial charge in [0.25, 0.3) is 0 Å². The molecule has 0 aliphatic carbocycles. The highest BCUT2D eigenvalue weighted by atomic mass is 16.4. The van der Waals surface area contributed by atoms with E-state index in [4.69, 9.17) is 10.8 Å². The molecule has 0 radical (unpaired) electrons. The summed E-state index contributed by atoms with van der Waals surface area (Å²) in [6.07, 6.45) is 0. The number of nitrogens with two attached hydrogens (primary N) is 1. The topological polar surface area (TPSA) is 114 Å². The van der Waals surface area contributed by atoms with E-state index in [1.165, 1.54) is 0 Å². The molecule has 0 aromatic carbocycles. The van der Waals surface area contributed by atoms with Crippen LogP contribution in [0, 0.1) is 0 Å². The Morgan fingerprint density at radius 2 is 2.08 bits per heavy atom.